The maximum absolute atomic E-state index is 11.9. The van der Waals surface area contributed by atoms with Crippen molar-refractivity contribution >= 4 is 23.4 Å². The van der Waals surface area contributed by atoms with Crippen molar-refractivity contribution in [3.8, 4) is 0 Å². The van der Waals surface area contributed by atoms with E-state index in [-0.39, 0.29) is 11.8 Å². The number of carbonyl (C=O) groups excluding carboxylic acids is 2. The molecular formula is C15H20ClN3O2. The van der Waals surface area contributed by atoms with Gasteiger partial charge in [-0.1, -0.05) is 23.7 Å². The molecule has 2 rings (SSSR count). The van der Waals surface area contributed by atoms with Gasteiger partial charge in [-0.25, -0.2) is 0 Å². The number of nitrogens with one attached hydrogen (secondary N) is 1. The smallest absolute Gasteiger partial charge is 0.234 e. The summed E-state index contributed by atoms with van der Waals surface area (Å²) in [6.45, 7) is 5.33. The molecular weight excluding hydrogens is 290 g/mol. The average Bonchev–Trinajstić information content (AvgIpc) is 2.47. The molecule has 1 saturated heterocycles. The Balaban J connectivity index is 1.70. The maximum Gasteiger partial charge on any atom is 0.234 e. The summed E-state index contributed by atoms with van der Waals surface area (Å²) in [6.07, 6.45) is 0. The maximum atomic E-state index is 11.9. The molecule has 0 spiro atoms. The molecule has 0 aliphatic carbocycles. The standard InChI is InChI=1S/C15H20ClN3O2/c1-12(20)19-8-6-18(7-9-19)11-15(21)17-10-13-2-4-14(16)5-3-13/h2-5H,6-11H2,1H3,(H,17,21). The van der Waals surface area contributed by atoms with E-state index in [4.69, 9.17) is 11.6 Å². The molecule has 0 bridgehead atoms. The van der Waals surface area contributed by atoms with Crippen LogP contribution in [0.3, 0.4) is 0 Å². The minimum atomic E-state index is 0.00113. The van der Waals surface area contributed by atoms with Gasteiger partial charge in [0.1, 0.15) is 0 Å². The highest BCUT2D eigenvalue weighted by Gasteiger charge is 2.19. The quantitative estimate of drug-likeness (QED) is 0.907. The first-order valence-corrected chi connectivity index (χ1v) is 7.41. The molecule has 0 saturated carbocycles. The Morgan fingerprint density at radius 3 is 2.33 bits per heavy atom. The van der Waals surface area contributed by atoms with E-state index in [1.165, 1.54) is 0 Å². The molecule has 114 valence electrons. The second-order valence-electron chi connectivity index (χ2n) is 5.19. The topological polar surface area (TPSA) is 52.7 Å². The van der Waals surface area contributed by atoms with E-state index < -0.39 is 0 Å². The minimum Gasteiger partial charge on any atom is -0.351 e. The summed E-state index contributed by atoms with van der Waals surface area (Å²) >= 11 is 5.82. The summed E-state index contributed by atoms with van der Waals surface area (Å²) in [6, 6.07) is 7.41. The second kappa shape index (κ2) is 7.43. The summed E-state index contributed by atoms with van der Waals surface area (Å²) < 4.78 is 0. The van der Waals surface area contributed by atoms with Crippen molar-refractivity contribution in [2.75, 3.05) is 32.7 Å². The first-order valence-electron chi connectivity index (χ1n) is 7.03. The predicted molar refractivity (Wildman–Crippen MR) is 82.0 cm³/mol. The van der Waals surface area contributed by atoms with Crippen molar-refractivity contribution in [1.29, 1.82) is 0 Å². The zero-order valence-electron chi connectivity index (χ0n) is 12.1. The summed E-state index contributed by atoms with van der Waals surface area (Å²) in [5, 5.41) is 3.58. The van der Waals surface area contributed by atoms with Crippen LogP contribution in [0, 0.1) is 0 Å². The highest BCUT2D eigenvalue weighted by molar-refractivity contribution is 6.30. The van der Waals surface area contributed by atoms with E-state index in [1.54, 1.807) is 6.92 Å². The third-order valence-corrected chi connectivity index (χ3v) is 3.84. The van der Waals surface area contributed by atoms with Crippen molar-refractivity contribution < 1.29 is 9.59 Å². The van der Waals surface area contributed by atoms with Crippen LogP contribution in [-0.4, -0.2) is 54.3 Å². The van der Waals surface area contributed by atoms with Gasteiger partial charge in [0, 0.05) is 44.7 Å². The molecule has 0 unspecified atom stereocenters. The van der Waals surface area contributed by atoms with Crippen LogP contribution in [0.25, 0.3) is 0 Å². The van der Waals surface area contributed by atoms with E-state index in [0.717, 1.165) is 18.7 Å². The van der Waals surface area contributed by atoms with Gasteiger partial charge in [0.15, 0.2) is 0 Å². The van der Waals surface area contributed by atoms with Gasteiger partial charge in [-0.05, 0) is 17.7 Å². The fourth-order valence-electron chi connectivity index (χ4n) is 2.28. The van der Waals surface area contributed by atoms with Gasteiger partial charge in [0.25, 0.3) is 0 Å². The Morgan fingerprint density at radius 2 is 1.76 bits per heavy atom. The summed E-state index contributed by atoms with van der Waals surface area (Å²) in [4.78, 5) is 27.0. The van der Waals surface area contributed by atoms with Crippen LogP contribution in [0.5, 0.6) is 0 Å². The van der Waals surface area contributed by atoms with Gasteiger partial charge < -0.3 is 10.2 Å². The first-order chi connectivity index (χ1) is 10.0. The van der Waals surface area contributed by atoms with Crippen LogP contribution in [0.4, 0.5) is 0 Å². The average molecular weight is 310 g/mol. The summed E-state index contributed by atoms with van der Waals surface area (Å²) in [7, 11) is 0. The third kappa shape index (κ3) is 5.02. The first kappa shape index (κ1) is 15.8. The fourth-order valence-corrected chi connectivity index (χ4v) is 2.41. The highest BCUT2D eigenvalue weighted by atomic mass is 35.5. The van der Waals surface area contributed by atoms with Crippen LogP contribution in [-0.2, 0) is 16.1 Å². The normalized spacial score (nSPS) is 15.8. The SMILES string of the molecule is CC(=O)N1CCN(CC(=O)NCc2ccc(Cl)cc2)CC1. The number of amides is 2. The molecule has 0 radical (unpaired) electrons. The Bertz CT molecular complexity index is 496. The van der Waals surface area contributed by atoms with E-state index >= 15 is 0 Å². The van der Waals surface area contributed by atoms with Gasteiger partial charge >= 0.3 is 0 Å². The van der Waals surface area contributed by atoms with Crippen LogP contribution < -0.4 is 5.32 Å². The van der Waals surface area contributed by atoms with Gasteiger partial charge in [-0.15, -0.1) is 0 Å². The lowest BCUT2D eigenvalue weighted by atomic mass is 10.2. The van der Waals surface area contributed by atoms with Gasteiger partial charge in [-0.3, -0.25) is 14.5 Å². The number of nitrogens with zero attached hydrogens (tertiary/aromatic N) is 2. The molecule has 21 heavy (non-hydrogen) atoms. The zero-order chi connectivity index (χ0) is 15.2. The lowest BCUT2D eigenvalue weighted by molar-refractivity contribution is -0.131. The number of halogens is 1. The van der Waals surface area contributed by atoms with Crippen molar-refractivity contribution in [3.05, 3.63) is 34.9 Å². The zero-order valence-corrected chi connectivity index (χ0v) is 12.9. The molecule has 0 aromatic heterocycles. The number of hydrogen-bond donors (Lipinski definition) is 1. The summed E-state index contributed by atoms with van der Waals surface area (Å²) in [5.74, 6) is 0.100. The van der Waals surface area contributed by atoms with Crippen molar-refractivity contribution in [1.82, 2.24) is 15.1 Å². The molecule has 6 heteroatoms. The highest BCUT2D eigenvalue weighted by Crippen LogP contribution is 2.09. The molecule has 0 atom stereocenters. The number of benzene rings is 1. The molecule has 1 heterocycles. The molecule has 1 fully saturated rings. The van der Waals surface area contributed by atoms with Crippen molar-refractivity contribution in [2.24, 2.45) is 0 Å². The molecule has 1 aliphatic heterocycles. The van der Waals surface area contributed by atoms with E-state index in [1.807, 2.05) is 29.2 Å². The van der Waals surface area contributed by atoms with Crippen LogP contribution in [0.15, 0.2) is 24.3 Å². The predicted octanol–water partition coefficient (Wildman–Crippen LogP) is 1.12. The lowest BCUT2D eigenvalue weighted by Crippen LogP contribution is -2.50. The van der Waals surface area contributed by atoms with Crippen LogP contribution in [0.1, 0.15) is 12.5 Å². The Kier molecular flexibility index (Phi) is 5.59. The van der Waals surface area contributed by atoms with Gasteiger partial charge in [0.2, 0.25) is 11.8 Å². The lowest BCUT2D eigenvalue weighted by Gasteiger charge is -2.33. The van der Waals surface area contributed by atoms with E-state index in [9.17, 15) is 9.59 Å². The molecule has 1 aliphatic rings. The molecule has 2 amide bonds. The van der Waals surface area contributed by atoms with Crippen LogP contribution in [0.2, 0.25) is 5.02 Å². The Morgan fingerprint density at radius 1 is 1.14 bits per heavy atom. The molecule has 1 aromatic carbocycles. The largest absolute Gasteiger partial charge is 0.351 e. The van der Waals surface area contributed by atoms with Crippen molar-refractivity contribution in [2.45, 2.75) is 13.5 Å². The number of carbonyl (C=O) groups is 2. The molecule has 1 N–H and O–H groups in total. The van der Waals surface area contributed by atoms with Crippen molar-refractivity contribution in [3.63, 3.8) is 0 Å². The monoisotopic (exact) mass is 309 g/mol. The molecule has 1 aromatic rings. The van der Waals surface area contributed by atoms with Gasteiger partial charge in [0.05, 0.1) is 6.54 Å². The third-order valence-electron chi connectivity index (χ3n) is 3.59. The molecule has 5 nitrogen and oxygen atoms in total. The fraction of sp³-hybridized carbons (Fsp3) is 0.467. The van der Waals surface area contributed by atoms with Gasteiger partial charge in [-0.2, -0.15) is 0 Å². The Hall–Kier alpha value is -1.59. The summed E-state index contributed by atoms with van der Waals surface area (Å²) in [5.41, 5.74) is 1.02. The number of hydrogen-bond acceptors (Lipinski definition) is 3. The van der Waals surface area contributed by atoms with E-state index in [2.05, 4.69) is 10.2 Å². The second-order valence-corrected chi connectivity index (χ2v) is 5.62. The minimum absolute atomic E-state index is 0.00113. The Labute approximate surface area is 129 Å². The van der Waals surface area contributed by atoms with Crippen LogP contribution >= 0.6 is 11.6 Å². The number of piperazine rings is 1. The number of rotatable bonds is 4. The van der Waals surface area contributed by atoms with E-state index in [0.29, 0.717) is 31.2 Å².